The van der Waals surface area contributed by atoms with Crippen LogP contribution < -0.4 is 21.1 Å². The number of carbonyl (C=O) groups is 1. The number of carbonyl (C=O) groups excluding carboxylic acids is 1. The van der Waals surface area contributed by atoms with E-state index in [9.17, 15) is 9.59 Å². The summed E-state index contributed by atoms with van der Waals surface area (Å²) in [5.41, 5.74) is 6.26. The molecule has 5 rings (SSSR count). The number of aromatic amines is 1. The van der Waals surface area contributed by atoms with Gasteiger partial charge in [-0.1, -0.05) is 0 Å². The molecule has 1 unspecified atom stereocenters. The van der Waals surface area contributed by atoms with E-state index < -0.39 is 0 Å². The van der Waals surface area contributed by atoms with Crippen LogP contribution in [0.4, 0.5) is 17.1 Å². The first-order chi connectivity index (χ1) is 14.9. The lowest BCUT2D eigenvalue weighted by atomic mass is 10.1. The van der Waals surface area contributed by atoms with Crippen LogP contribution in [-0.2, 0) is 13.0 Å². The number of pyridine rings is 1. The molecule has 1 amide bonds. The highest BCUT2D eigenvalue weighted by molar-refractivity contribution is 7.10. The van der Waals surface area contributed by atoms with Crippen LogP contribution >= 0.6 is 11.3 Å². The van der Waals surface area contributed by atoms with Gasteiger partial charge in [0.1, 0.15) is 6.17 Å². The quantitative estimate of drug-likeness (QED) is 0.571. The smallest absolute Gasteiger partial charge is 0.257 e. The molecule has 0 bridgehead atoms. The molecule has 0 radical (unpaired) electrons. The van der Waals surface area contributed by atoms with Gasteiger partial charge in [0, 0.05) is 49.5 Å². The van der Waals surface area contributed by atoms with Gasteiger partial charge in [0.05, 0.1) is 16.9 Å². The minimum absolute atomic E-state index is 0.0366. The van der Waals surface area contributed by atoms with Gasteiger partial charge >= 0.3 is 0 Å². The Balaban J connectivity index is 1.42. The highest BCUT2D eigenvalue weighted by Crippen LogP contribution is 2.43. The van der Waals surface area contributed by atoms with Gasteiger partial charge in [-0.15, -0.1) is 11.3 Å². The van der Waals surface area contributed by atoms with E-state index in [0.29, 0.717) is 12.1 Å². The van der Waals surface area contributed by atoms with E-state index in [4.69, 9.17) is 0 Å². The van der Waals surface area contributed by atoms with E-state index in [-0.39, 0.29) is 17.6 Å². The molecule has 160 valence electrons. The number of aromatic nitrogens is 1. The first-order valence-electron chi connectivity index (χ1n) is 10.3. The van der Waals surface area contributed by atoms with Gasteiger partial charge in [0.25, 0.3) is 11.5 Å². The average Bonchev–Trinajstić information content (AvgIpc) is 3.38. The molecule has 31 heavy (non-hydrogen) atoms. The van der Waals surface area contributed by atoms with Crippen molar-refractivity contribution in [2.75, 3.05) is 36.2 Å². The number of nitrogens with one attached hydrogen (secondary N) is 3. The van der Waals surface area contributed by atoms with Crippen molar-refractivity contribution in [2.24, 2.45) is 0 Å². The van der Waals surface area contributed by atoms with Gasteiger partial charge in [-0.25, -0.2) is 0 Å². The van der Waals surface area contributed by atoms with Crippen molar-refractivity contribution < 1.29 is 4.79 Å². The van der Waals surface area contributed by atoms with Gasteiger partial charge in [-0.05, 0) is 54.1 Å². The molecule has 4 heterocycles. The third-order valence-electron chi connectivity index (χ3n) is 6.17. The maximum Gasteiger partial charge on any atom is 0.257 e. The highest BCUT2D eigenvalue weighted by Gasteiger charge is 2.34. The SMILES string of the molecule is Cc1ccsc1CCNc1cc[nH]c(=O)c1C1Nc2cc3c(cc2N1C)CN(C)C3=O. The first kappa shape index (κ1) is 19.7. The Labute approximate surface area is 184 Å². The van der Waals surface area contributed by atoms with E-state index in [2.05, 4.69) is 45.0 Å². The molecule has 0 fully saturated rings. The second-order valence-corrected chi connectivity index (χ2v) is 9.18. The number of fused-ring (bicyclic) bond motifs is 2. The largest absolute Gasteiger partial charge is 0.384 e. The summed E-state index contributed by atoms with van der Waals surface area (Å²) in [5, 5.41) is 9.03. The number of hydrogen-bond acceptors (Lipinski definition) is 6. The van der Waals surface area contributed by atoms with Crippen LogP contribution in [0.2, 0.25) is 0 Å². The summed E-state index contributed by atoms with van der Waals surface area (Å²) in [7, 11) is 3.79. The number of amides is 1. The summed E-state index contributed by atoms with van der Waals surface area (Å²) in [5.74, 6) is 0.0366. The van der Waals surface area contributed by atoms with Crippen molar-refractivity contribution >= 4 is 34.3 Å². The van der Waals surface area contributed by atoms with Crippen LogP contribution in [-0.4, -0.2) is 36.4 Å². The van der Waals surface area contributed by atoms with E-state index in [0.717, 1.165) is 41.2 Å². The van der Waals surface area contributed by atoms with E-state index in [1.807, 2.05) is 26.2 Å². The van der Waals surface area contributed by atoms with Crippen molar-refractivity contribution in [3.05, 3.63) is 73.3 Å². The Morgan fingerprint density at radius 2 is 2.06 bits per heavy atom. The summed E-state index contributed by atoms with van der Waals surface area (Å²) in [6, 6.07) is 8.02. The van der Waals surface area contributed by atoms with Crippen LogP contribution in [0.1, 0.15) is 38.1 Å². The van der Waals surface area contributed by atoms with Crippen molar-refractivity contribution in [1.82, 2.24) is 9.88 Å². The molecule has 0 saturated carbocycles. The zero-order valence-corrected chi connectivity index (χ0v) is 18.6. The van der Waals surface area contributed by atoms with Crippen molar-refractivity contribution in [3.63, 3.8) is 0 Å². The summed E-state index contributed by atoms with van der Waals surface area (Å²) < 4.78 is 0. The zero-order valence-electron chi connectivity index (χ0n) is 17.8. The minimum atomic E-state index is -0.318. The number of benzene rings is 1. The fraction of sp³-hybridized carbons (Fsp3) is 0.304. The lowest BCUT2D eigenvalue weighted by Crippen LogP contribution is -2.31. The fourth-order valence-corrected chi connectivity index (χ4v) is 5.35. The second-order valence-electron chi connectivity index (χ2n) is 8.18. The maximum absolute atomic E-state index is 12.8. The van der Waals surface area contributed by atoms with Crippen LogP contribution in [0.5, 0.6) is 0 Å². The van der Waals surface area contributed by atoms with E-state index in [1.54, 1.807) is 22.4 Å². The molecular formula is C23H25N5O2S. The lowest BCUT2D eigenvalue weighted by molar-refractivity contribution is 0.0816. The van der Waals surface area contributed by atoms with Crippen LogP contribution in [0, 0.1) is 6.92 Å². The molecule has 3 N–H and O–H groups in total. The number of aryl methyl sites for hydroxylation is 1. The molecule has 0 spiro atoms. The zero-order chi connectivity index (χ0) is 21.7. The Morgan fingerprint density at radius 1 is 1.23 bits per heavy atom. The normalized spacial score (nSPS) is 17.0. The minimum Gasteiger partial charge on any atom is -0.384 e. The third-order valence-corrected chi connectivity index (χ3v) is 7.26. The predicted molar refractivity (Wildman–Crippen MR) is 125 cm³/mol. The van der Waals surface area contributed by atoms with E-state index >= 15 is 0 Å². The topological polar surface area (TPSA) is 80.5 Å². The van der Waals surface area contributed by atoms with Crippen LogP contribution in [0.3, 0.4) is 0 Å². The highest BCUT2D eigenvalue weighted by atomic mass is 32.1. The monoisotopic (exact) mass is 435 g/mol. The Morgan fingerprint density at radius 3 is 2.84 bits per heavy atom. The van der Waals surface area contributed by atoms with Crippen LogP contribution in [0.15, 0.2) is 40.6 Å². The van der Waals surface area contributed by atoms with Gasteiger partial charge in [0.2, 0.25) is 0 Å². The molecule has 0 saturated heterocycles. The molecule has 0 aliphatic carbocycles. The van der Waals surface area contributed by atoms with Gasteiger partial charge < -0.3 is 25.4 Å². The van der Waals surface area contributed by atoms with Crippen molar-refractivity contribution in [1.29, 1.82) is 0 Å². The summed E-state index contributed by atoms with van der Waals surface area (Å²) >= 11 is 1.76. The summed E-state index contributed by atoms with van der Waals surface area (Å²) in [6.45, 7) is 3.48. The molecule has 3 aromatic rings. The van der Waals surface area contributed by atoms with Gasteiger partial charge in [0.15, 0.2) is 0 Å². The Bertz CT molecular complexity index is 1230. The number of hydrogen-bond donors (Lipinski definition) is 3. The molecule has 1 aromatic carbocycles. The lowest BCUT2D eigenvalue weighted by Gasteiger charge is -2.24. The second kappa shape index (κ2) is 7.46. The number of H-pyrrole nitrogens is 1. The molecule has 1 atom stereocenters. The van der Waals surface area contributed by atoms with Crippen molar-refractivity contribution in [3.8, 4) is 0 Å². The number of thiophene rings is 1. The van der Waals surface area contributed by atoms with Gasteiger partial charge in [-0.2, -0.15) is 0 Å². The Kier molecular flexibility index (Phi) is 4.74. The molecule has 2 aliphatic rings. The molecule has 2 aliphatic heterocycles. The molecular weight excluding hydrogens is 410 g/mol. The average molecular weight is 436 g/mol. The fourth-order valence-electron chi connectivity index (χ4n) is 4.44. The van der Waals surface area contributed by atoms with Crippen LogP contribution in [0.25, 0.3) is 0 Å². The molecule has 2 aromatic heterocycles. The standard InChI is InChI=1S/C23H25N5O2S/c1-13-6-9-31-19(13)5-8-24-16-4-7-25-22(29)20(16)21-26-17-11-15-14(10-18(17)28(21)3)12-27(2)23(15)30/h4,6-7,9-11,21,26H,5,8,12H2,1-3H3,(H2,24,25,29). The Hall–Kier alpha value is -3.26. The number of rotatable bonds is 5. The molecule has 7 nitrogen and oxygen atoms in total. The maximum atomic E-state index is 12.8. The van der Waals surface area contributed by atoms with E-state index in [1.165, 1.54) is 10.4 Å². The third kappa shape index (κ3) is 3.27. The van der Waals surface area contributed by atoms with Gasteiger partial charge in [-0.3, -0.25) is 9.59 Å². The number of nitrogens with zero attached hydrogens (tertiary/aromatic N) is 2. The number of anilines is 3. The molecule has 8 heteroatoms. The first-order valence-corrected chi connectivity index (χ1v) is 11.2. The summed E-state index contributed by atoms with van der Waals surface area (Å²) in [4.78, 5) is 33.2. The predicted octanol–water partition coefficient (Wildman–Crippen LogP) is 3.55. The summed E-state index contributed by atoms with van der Waals surface area (Å²) in [6.07, 6.45) is 2.27. The van der Waals surface area contributed by atoms with Crippen molar-refractivity contribution in [2.45, 2.75) is 26.1 Å².